The van der Waals surface area contributed by atoms with Crippen LogP contribution in [0.15, 0.2) is 18.5 Å². The summed E-state index contributed by atoms with van der Waals surface area (Å²) >= 11 is 0. The third kappa shape index (κ3) is 1.75. The molecule has 13 heavy (non-hydrogen) atoms. The molecule has 68 valence electrons. The molecule has 1 heterocycles. The molecule has 1 aromatic heterocycles. The normalized spacial score (nSPS) is 18.2. The van der Waals surface area contributed by atoms with Crippen LogP contribution in [0.25, 0.3) is 0 Å². The molecular weight excluding hydrogens is 160 g/mol. The fourth-order valence-corrected chi connectivity index (χ4v) is 1.82. The van der Waals surface area contributed by atoms with E-state index < -0.39 is 0 Å². The van der Waals surface area contributed by atoms with Gasteiger partial charge in [-0.05, 0) is 37.3 Å². The SMILES string of the molecule is Cc1ccn(C(CC#N)C2CC2)c1. The van der Waals surface area contributed by atoms with Crippen molar-refractivity contribution in [1.29, 1.82) is 5.26 Å². The Hall–Kier alpha value is -1.23. The van der Waals surface area contributed by atoms with Crippen LogP contribution in [0.5, 0.6) is 0 Å². The van der Waals surface area contributed by atoms with Crippen LogP contribution < -0.4 is 0 Å². The van der Waals surface area contributed by atoms with Crippen LogP contribution in [-0.2, 0) is 0 Å². The number of aromatic nitrogens is 1. The summed E-state index contributed by atoms with van der Waals surface area (Å²) in [4.78, 5) is 0. The summed E-state index contributed by atoms with van der Waals surface area (Å²) in [7, 11) is 0. The highest BCUT2D eigenvalue weighted by Crippen LogP contribution is 2.41. The highest BCUT2D eigenvalue weighted by molar-refractivity contribution is 5.09. The van der Waals surface area contributed by atoms with Gasteiger partial charge in [0.25, 0.3) is 0 Å². The van der Waals surface area contributed by atoms with Crippen LogP contribution in [-0.4, -0.2) is 4.57 Å². The minimum Gasteiger partial charge on any atom is -0.350 e. The predicted octanol–water partition coefficient (Wildman–Crippen LogP) is 2.66. The zero-order valence-corrected chi connectivity index (χ0v) is 7.90. The monoisotopic (exact) mass is 174 g/mol. The van der Waals surface area contributed by atoms with Crippen molar-refractivity contribution in [2.45, 2.75) is 32.2 Å². The van der Waals surface area contributed by atoms with Gasteiger partial charge in [0.1, 0.15) is 0 Å². The highest BCUT2D eigenvalue weighted by Gasteiger charge is 2.31. The minimum atomic E-state index is 0.429. The number of aryl methyl sites for hydroxylation is 1. The molecule has 0 radical (unpaired) electrons. The van der Waals surface area contributed by atoms with E-state index >= 15 is 0 Å². The number of nitriles is 1. The molecule has 0 spiro atoms. The molecule has 1 atom stereocenters. The van der Waals surface area contributed by atoms with E-state index in [-0.39, 0.29) is 0 Å². The van der Waals surface area contributed by atoms with Gasteiger partial charge in [-0.3, -0.25) is 0 Å². The first-order valence-electron chi connectivity index (χ1n) is 4.82. The summed E-state index contributed by atoms with van der Waals surface area (Å²) in [6.07, 6.45) is 7.47. The molecule has 1 fully saturated rings. The summed E-state index contributed by atoms with van der Waals surface area (Å²) in [5.41, 5.74) is 1.28. The second-order valence-electron chi connectivity index (χ2n) is 3.90. The van der Waals surface area contributed by atoms with Gasteiger partial charge < -0.3 is 4.57 Å². The summed E-state index contributed by atoms with van der Waals surface area (Å²) in [6.45, 7) is 2.09. The molecule has 1 unspecified atom stereocenters. The van der Waals surface area contributed by atoms with Crippen LogP contribution in [0.2, 0.25) is 0 Å². The second-order valence-corrected chi connectivity index (χ2v) is 3.90. The molecule has 2 rings (SSSR count). The molecular formula is C11H14N2. The molecule has 2 nitrogen and oxygen atoms in total. The smallest absolute Gasteiger partial charge is 0.0643 e. The number of hydrogen-bond acceptors (Lipinski definition) is 1. The Bertz CT molecular complexity index is 328. The molecule has 0 aromatic carbocycles. The number of hydrogen-bond donors (Lipinski definition) is 0. The largest absolute Gasteiger partial charge is 0.350 e. The summed E-state index contributed by atoms with van der Waals surface area (Å²) in [6, 6.07) is 4.81. The predicted molar refractivity (Wildman–Crippen MR) is 51.2 cm³/mol. The van der Waals surface area contributed by atoms with Crippen LogP contribution in [0, 0.1) is 24.2 Å². The maximum atomic E-state index is 8.72. The van der Waals surface area contributed by atoms with E-state index in [2.05, 4.69) is 36.0 Å². The fraction of sp³-hybridized carbons (Fsp3) is 0.545. The van der Waals surface area contributed by atoms with E-state index in [0.717, 1.165) is 5.92 Å². The van der Waals surface area contributed by atoms with Gasteiger partial charge in [-0.2, -0.15) is 5.26 Å². The van der Waals surface area contributed by atoms with E-state index in [4.69, 9.17) is 5.26 Å². The highest BCUT2D eigenvalue weighted by atomic mass is 15.0. The average Bonchev–Trinajstić information content (AvgIpc) is 2.85. The van der Waals surface area contributed by atoms with Gasteiger partial charge in [0.05, 0.1) is 12.5 Å². The first kappa shape index (κ1) is 8.37. The zero-order chi connectivity index (χ0) is 9.26. The summed E-state index contributed by atoms with van der Waals surface area (Å²) in [5, 5.41) is 8.72. The Morgan fingerprint density at radius 1 is 1.69 bits per heavy atom. The van der Waals surface area contributed by atoms with Crippen molar-refractivity contribution in [2.24, 2.45) is 5.92 Å². The molecule has 2 heteroatoms. The fourth-order valence-electron chi connectivity index (χ4n) is 1.82. The van der Waals surface area contributed by atoms with Gasteiger partial charge in [-0.15, -0.1) is 0 Å². The molecule has 1 aliphatic carbocycles. The summed E-state index contributed by atoms with van der Waals surface area (Å²) < 4.78 is 2.20. The van der Waals surface area contributed by atoms with Crippen molar-refractivity contribution in [2.75, 3.05) is 0 Å². The van der Waals surface area contributed by atoms with Crippen LogP contribution in [0.4, 0.5) is 0 Å². The molecule has 0 N–H and O–H groups in total. The number of nitrogens with zero attached hydrogens (tertiary/aromatic N) is 2. The molecule has 1 aromatic rings. The van der Waals surface area contributed by atoms with E-state index in [9.17, 15) is 0 Å². The Balaban J connectivity index is 2.15. The molecule has 0 aliphatic heterocycles. The van der Waals surface area contributed by atoms with Gasteiger partial charge in [0.15, 0.2) is 0 Å². The average molecular weight is 174 g/mol. The van der Waals surface area contributed by atoms with Gasteiger partial charge >= 0.3 is 0 Å². The summed E-state index contributed by atoms with van der Waals surface area (Å²) in [5.74, 6) is 0.756. The lowest BCUT2D eigenvalue weighted by atomic mass is 10.1. The third-order valence-corrected chi connectivity index (χ3v) is 2.71. The van der Waals surface area contributed by atoms with Crippen molar-refractivity contribution in [3.63, 3.8) is 0 Å². The Morgan fingerprint density at radius 3 is 2.92 bits per heavy atom. The van der Waals surface area contributed by atoms with Crippen LogP contribution in [0.1, 0.15) is 30.9 Å². The Kier molecular flexibility index (Phi) is 2.10. The van der Waals surface area contributed by atoms with E-state index in [0.29, 0.717) is 12.5 Å². The topological polar surface area (TPSA) is 28.7 Å². The van der Waals surface area contributed by atoms with Crippen molar-refractivity contribution < 1.29 is 0 Å². The Labute approximate surface area is 78.8 Å². The van der Waals surface area contributed by atoms with Gasteiger partial charge in [-0.25, -0.2) is 0 Å². The van der Waals surface area contributed by atoms with Gasteiger partial charge in [0, 0.05) is 18.4 Å². The molecule has 0 bridgehead atoms. The minimum absolute atomic E-state index is 0.429. The maximum absolute atomic E-state index is 8.72. The maximum Gasteiger partial charge on any atom is 0.0643 e. The lowest BCUT2D eigenvalue weighted by Crippen LogP contribution is -2.08. The van der Waals surface area contributed by atoms with Gasteiger partial charge in [0.2, 0.25) is 0 Å². The van der Waals surface area contributed by atoms with Gasteiger partial charge in [-0.1, -0.05) is 0 Å². The quantitative estimate of drug-likeness (QED) is 0.692. The number of rotatable bonds is 3. The Morgan fingerprint density at radius 2 is 2.46 bits per heavy atom. The standard InChI is InChI=1S/C11H14N2/c1-9-5-7-13(8-9)11(4-6-12)10-2-3-10/h5,7-8,10-11H,2-4H2,1H3. The first-order chi connectivity index (χ1) is 6.31. The molecule has 0 amide bonds. The molecule has 1 saturated carbocycles. The third-order valence-electron chi connectivity index (χ3n) is 2.71. The van der Waals surface area contributed by atoms with Crippen LogP contribution in [0.3, 0.4) is 0 Å². The zero-order valence-electron chi connectivity index (χ0n) is 7.90. The van der Waals surface area contributed by atoms with E-state index in [1.807, 2.05) is 0 Å². The van der Waals surface area contributed by atoms with Crippen molar-refractivity contribution in [3.05, 3.63) is 24.0 Å². The first-order valence-corrected chi connectivity index (χ1v) is 4.82. The molecule has 0 saturated heterocycles. The van der Waals surface area contributed by atoms with Crippen molar-refractivity contribution in [3.8, 4) is 6.07 Å². The van der Waals surface area contributed by atoms with Crippen molar-refractivity contribution in [1.82, 2.24) is 4.57 Å². The van der Waals surface area contributed by atoms with Crippen LogP contribution >= 0.6 is 0 Å². The van der Waals surface area contributed by atoms with E-state index in [1.54, 1.807) is 0 Å². The van der Waals surface area contributed by atoms with E-state index in [1.165, 1.54) is 18.4 Å². The molecule has 1 aliphatic rings. The second kappa shape index (κ2) is 3.26. The lowest BCUT2D eigenvalue weighted by molar-refractivity contribution is 0.455. The van der Waals surface area contributed by atoms with Crippen molar-refractivity contribution >= 4 is 0 Å². The lowest BCUT2D eigenvalue weighted by Gasteiger charge is -2.14.